The molecule has 0 unspecified atom stereocenters. The largest absolute Gasteiger partial charge is 0.490 e. The van der Waals surface area contributed by atoms with Gasteiger partial charge in [-0.15, -0.1) is 0 Å². The second-order valence-electron chi connectivity index (χ2n) is 9.21. The molecule has 0 radical (unpaired) electrons. The molecule has 0 amide bonds. The van der Waals surface area contributed by atoms with Gasteiger partial charge in [0.1, 0.15) is 13.2 Å². The van der Waals surface area contributed by atoms with Crippen molar-refractivity contribution in [2.24, 2.45) is 4.99 Å². The van der Waals surface area contributed by atoms with E-state index in [0.717, 1.165) is 5.56 Å². The van der Waals surface area contributed by atoms with Crippen LogP contribution in [0.15, 0.2) is 57.5 Å². The SMILES string of the molecule is CCOC(=O)C1=C(C)N=c2s/c(=C/c3ccc4c(c3)OCCO4)c(=O)n2[C@H]1c1ccc(OCC(=O)OC)c(OCC)c1. The molecule has 1 atom stereocenters. The Morgan fingerprint density at radius 3 is 2.57 bits per heavy atom. The Bertz CT molecular complexity index is 1740. The van der Waals surface area contributed by atoms with E-state index in [4.69, 9.17) is 23.7 Å². The van der Waals surface area contributed by atoms with E-state index < -0.39 is 18.0 Å². The Labute approximate surface area is 245 Å². The van der Waals surface area contributed by atoms with E-state index in [9.17, 15) is 14.4 Å². The molecule has 42 heavy (non-hydrogen) atoms. The maximum atomic E-state index is 14.0. The minimum atomic E-state index is -0.850. The van der Waals surface area contributed by atoms with Crippen LogP contribution in [0.4, 0.5) is 0 Å². The number of allylic oxidation sites excluding steroid dienone is 1. The van der Waals surface area contributed by atoms with Crippen LogP contribution >= 0.6 is 11.3 Å². The van der Waals surface area contributed by atoms with Gasteiger partial charge in [0.25, 0.3) is 5.56 Å². The number of nitrogens with zero attached hydrogens (tertiary/aromatic N) is 2. The van der Waals surface area contributed by atoms with Crippen molar-refractivity contribution in [3.63, 3.8) is 0 Å². The maximum absolute atomic E-state index is 14.0. The van der Waals surface area contributed by atoms with Gasteiger partial charge in [-0.05, 0) is 62.2 Å². The number of hydrogen-bond acceptors (Lipinski definition) is 11. The number of aromatic nitrogens is 1. The summed E-state index contributed by atoms with van der Waals surface area (Å²) in [6.07, 6.45) is 1.76. The molecule has 0 bridgehead atoms. The molecule has 11 nitrogen and oxygen atoms in total. The van der Waals surface area contributed by atoms with Gasteiger partial charge in [0.2, 0.25) is 0 Å². The number of ether oxygens (including phenoxy) is 6. The van der Waals surface area contributed by atoms with E-state index in [0.29, 0.717) is 63.4 Å². The van der Waals surface area contributed by atoms with Crippen LogP contribution in [-0.2, 0) is 19.1 Å². The third-order valence-corrected chi connectivity index (χ3v) is 7.52. The van der Waals surface area contributed by atoms with Gasteiger partial charge in [0.05, 0.1) is 42.2 Å². The summed E-state index contributed by atoms with van der Waals surface area (Å²) >= 11 is 1.22. The van der Waals surface area contributed by atoms with E-state index in [1.165, 1.54) is 23.0 Å². The molecule has 1 aromatic heterocycles. The topological polar surface area (TPSA) is 124 Å². The van der Waals surface area contributed by atoms with Gasteiger partial charge in [-0.1, -0.05) is 23.5 Å². The van der Waals surface area contributed by atoms with E-state index in [-0.39, 0.29) is 24.3 Å². The van der Waals surface area contributed by atoms with Crippen LogP contribution in [0, 0.1) is 0 Å². The second kappa shape index (κ2) is 12.5. The number of esters is 2. The Morgan fingerprint density at radius 2 is 1.83 bits per heavy atom. The van der Waals surface area contributed by atoms with Crippen LogP contribution in [0.2, 0.25) is 0 Å². The molecule has 0 saturated heterocycles. The quantitative estimate of drug-likeness (QED) is 0.344. The highest BCUT2D eigenvalue weighted by Gasteiger charge is 2.34. The molecule has 0 saturated carbocycles. The zero-order chi connectivity index (χ0) is 29.8. The molecule has 2 aromatic carbocycles. The van der Waals surface area contributed by atoms with Crippen LogP contribution in [0.5, 0.6) is 23.0 Å². The molecule has 0 N–H and O–H groups in total. The number of rotatable bonds is 9. The Balaban J connectivity index is 1.64. The Morgan fingerprint density at radius 1 is 1.05 bits per heavy atom. The van der Waals surface area contributed by atoms with E-state index in [1.54, 1.807) is 38.1 Å². The number of methoxy groups -OCH3 is 1. The number of carbonyl (C=O) groups is 2. The van der Waals surface area contributed by atoms with Crippen molar-refractivity contribution in [3.05, 3.63) is 78.5 Å². The molecule has 2 aliphatic rings. The van der Waals surface area contributed by atoms with Crippen molar-refractivity contribution >= 4 is 29.4 Å². The predicted molar refractivity (Wildman–Crippen MR) is 153 cm³/mol. The highest BCUT2D eigenvalue weighted by molar-refractivity contribution is 7.07. The smallest absolute Gasteiger partial charge is 0.343 e. The summed E-state index contributed by atoms with van der Waals surface area (Å²) < 4.78 is 34.7. The molecule has 220 valence electrons. The molecule has 0 fully saturated rings. The molecule has 0 aliphatic carbocycles. The summed E-state index contributed by atoms with van der Waals surface area (Å²) in [5, 5.41) is 0. The fourth-order valence-electron chi connectivity index (χ4n) is 4.69. The standard InChI is InChI=1S/C30H30N2O9S/c1-5-37-23-15-19(8-10-21(23)41-16-25(33)36-4)27-26(29(35)38-6-2)17(3)31-30-32(27)28(34)24(42-30)14-18-7-9-20-22(13-18)40-12-11-39-20/h7-10,13-15,27H,5-6,11-12,16H2,1-4H3/b24-14+/t27-/m0/s1. The first-order valence-corrected chi connectivity index (χ1v) is 14.2. The zero-order valence-corrected chi connectivity index (χ0v) is 24.4. The maximum Gasteiger partial charge on any atom is 0.343 e. The summed E-state index contributed by atoms with van der Waals surface area (Å²) in [5.41, 5.74) is 1.69. The van der Waals surface area contributed by atoms with Gasteiger partial charge in [0, 0.05) is 0 Å². The summed E-state index contributed by atoms with van der Waals surface area (Å²) in [4.78, 5) is 43.9. The highest BCUT2D eigenvalue weighted by atomic mass is 32.1. The van der Waals surface area contributed by atoms with E-state index >= 15 is 0 Å². The van der Waals surface area contributed by atoms with Gasteiger partial charge in [0.15, 0.2) is 34.4 Å². The predicted octanol–water partition coefficient (Wildman–Crippen LogP) is 2.52. The van der Waals surface area contributed by atoms with Crippen molar-refractivity contribution < 1.29 is 38.0 Å². The summed E-state index contributed by atoms with van der Waals surface area (Å²) in [7, 11) is 1.27. The molecule has 2 aliphatic heterocycles. The van der Waals surface area contributed by atoms with Gasteiger partial charge in [-0.25, -0.2) is 14.6 Å². The number of hydrogen-bond donors (Lipinski definition) is 0. The van der Waals surface area contributed by atoms with Crippen molar-refractivity contribution in [2.75, 3.05) is 40.1 Å². The van der Waals surface area contributed by atoms with Gasteiger partial charge in [-0.3, -0.25) is 9.36 Å². The third kappa shape index (κ3) is 5.75. The summed E-state index contributed by atoms with van der Waals surface area (Å²) in [6.45, 7) is 6.34. The van der Waals surface area contributed by atoms with Crippen LogP contribution in [-0.4, -0.2) is 56.6 Å². The number of thiazole rings is 1. The monoisotopic (exact) mass is 594 g/mol. The Kier molecular flexibility index (Phi) is 8.62. The normalized spacial score (nSPS) is 15.9. The molecule has 5 rings (SSSR count). The molecular formula is C30H30N2O9S. The summed E-state index contributed by atoms with van der Waals surface area (Å²) in [6, 6.07) is 9.67. The van der Waals surface area contributed by atoms with E-state index in [1.807, 2.05) is 25.1 Å². The van der Waals surface area contributed by atoms with Crippen LogP contribution in [0.3, 0.4) is 0 Å². The van der Waals surface area contributed by atoms with Crippen LogP contribution < -0.4 is 33.8 Å². The van der Waals surface area contributed by atoms with Crippen molar-refractivity contribution in [2.45, 2.75) is 26.8 Å². The third-order valence-electron chi connectivity index (χ3n) is 6.54. The first-order chi connectivity index (χ1) is 20.3. The van der Waals surface area contributed by atoms with Gasteiger partial charge >= 0.3 is 11.9 Å². The second-order valence-corrected chi connectivity index (χ2v) is 10.2. The molecule has 3 heterocycles. The van der Waals surface area contributed by atoms with Gasteiger partial charge < -0.3 is 28.4 Å². The molecule has 3 aromatic rings. The first kappa shape index (κ1) is 28.9. The first-order valence-electron chi connectivity index (χ1n) is 13.4. The minimum Gasteiger partial charge on any atom is -0.490 e. The average Bonchev–Trinajstić information content (AvgIpc) is 3.29. The van der Waals surface area contributed by atoms with Crippen molar-refractivity contribution in [1.82, 2.24) is 4.57 Å². The molecule has 12 heteroatoms. The number of benzene rings is 2. The van der Waals surface area contributed by atoms with Crippen molar-refractivity contribution in [3.8, 4) is 23.0 Å². The highest BCUT2D eigenvalue weighted by Crippen LogP contribution is 2.36. The van der Waals surface area contributed by atoms with Crippen LogP contribution in [0.1, 0.15) is 37.9 Å². The van der Waals surface area contributed by atoms with Crippen LogP contribution in [0.25, 0.3) is 6.08 Å². The molecule has 0 spiro atoms. The minimum absolute atomic E-state index is 0.154. The number of fused-ring (bicyclic) bond motifs is 2. The van der Waals surface area contributed by atoms with Gasteiger partial charge in [-0.2, -0.15) is 0 Å². The Hall–Kier alpha value is -4.58. The zero-order valence-electron chi connectivity index (χ0n) is 23.6. The lowest BCUT2D eigenvalue weighted by atomic mass is 9.95. The molecular weight excluding hydrogens is 564 g/mol. The van der Waals surface area contributed by atoms with E-state index in [2.05, 4.69) is 9.73 Å². The number of carbonyl (C=O) groups excluding carboxylic acids is 2. The lowest BCUT2D eigenvalue weighted by Gasteiger charge is -2.25. The fraction of sp³-hybridized carbons (Fsp3) is 0.333. The summed E-state index contributed by atoms with van der Waals surface area (Å²) in [5.74, 6) is 0.798. The fourth-order valence-corrected chi connectivity index (χ4v) is 5.73. The average molecular weight is 595 g/mol. The lowest BCUT2D eigenvalue weighted by molar-refractivity contribution is -0.143. The van der Waals surface area contributed by atoms with Crippen molar-refractivity contribution in [1.29, 1.82) is 0 Å². The lowest BCUT2D eigenvalue weighted by Crippen LogP contribution is -2.40.